The van der Waals surface area contributed by atoms with E-state index in [-0.39, 0.29) is 4.90 Å². The van der Waals surface area contributed by atoms with Crippen molar-refractivity contribution in [1.82, 2.24) is 0 Å². The first-order chi connectivity index (χ1) is 13.3. The van der Waals surface area contributed by atoms with Gasteiger partial charge in [-0.25, -0.2) is 13.2 Å². The van der Waals surface area contributed by atoms with E-state index in [1.165, 1.54) is 5.56 Å². The Morgan fingerprint density at radius 1 is 0.857 bits per heavy atom. The van der Waals surface area contributed by atoms with E-state index in [1.807, 2.05) is 30.3 Å². The molecule has 0 radical (unpaired) electrons. The summed E-state index contributed by atoms with van der Waals surface area (Å²) in [5.41, 5.74) is 2.20. The molecule has 3 aromatic rings. The monoisotopic (exact) mass is 397 g/mol. The van der Waals surface area contributed by atoms with Gasteiger partial charge < -0.3 is 10.2 Å². The Bertz CT molecular complexity index is 1080. The highest BCUT2D eigenvalue weighted by atomic mass is 32.2. The van der Waals surface area contributed by atoms with E-state index in [2.05, 4.69) is 16.9 Å². The van der Waals surface area contributed by atoms with Gasteiger partial charge in [-0.1, -0.05) is 42.5 Å². The van der Waals surface area contributed by atoms with Gasteiger partial charge in [0.05, 0.1) is 4.90 Å². The van der Waals surface area contributed by atoms with Gasteiger partial charge in [0.25, 0.3) is 10.0 Å². The third-order valence-electron chi connectivity index (χ3n) is 4.26. The molecule has 3 rings (SSSR count). The molecule has 0 aromatic heterocycles. The predicted octanol–water partition coefficient (Wildman–Crippen LogP) is 3.68. The second kappa shape index (κ2) is 8.14. The molecule has 0 aliphatic heterocycles. The number of carbonyl (C=O) groups is 1. The molecule has 0 aliphatic rings. The van der Waals surface area contributed by atoms with Crippen LogP contribution in [0.5, 0.6) is 5.75 Å². The van der Waals surface area contributed by atoms with E-state index < -0.39 is 27.3 Å². The molecule has 0 saturated carbocycles. The lowest BCUT2D eigenvalue weighted by Crippen LogP contribution is -2.13. The third-order valence-corrected chi connectivity index (χ3v) is 5.64. The Labute approximate surface area is 163 Å². The van der Waals surface area contributed by atoms with Crippen molar-refractivity contribution in [3.8, 4) is 5.75 Å². The number of aromatic carboxylic acids is 1. The lowest BCUT2D eigenvalue weighted by Gasteiger charge is -2.10. The Balaban J connectivity index is 1.71. The van der Waals surface area contributed by atoms with Crippen molar-refractivity contribution in [3.05, 3.63) is 89.5 Å². The van der Waals surface area contributed by atoms with Crippen molar-refractivity contribution in [1.29, 1.82) is 0 Å². The molecule has 0 amide bonds. The lowest BCUT2D eigenvalue weighted by atomic mass is 10.0. The second-order valence-corrected chi connectivity index (χ2v) is 7.95. The van der Waals surface area contributed by atoms with E-state index in [0.717, 1.165) is 36.6 Å². The number of benzene rings is 3. The van der Waals surface area contributed by atoms with E-state index in [4.69, 9.17) is 5.11 Å². The summed E-state index contributed by atoms with van der Waals surface area (Å²) in [4.78, 5) is 10.8. The molecule has 3 N–H and O–H groups in total. The fourth-order valence-corrected chi connectivity index (χ4v) is 3.82. The fraction of sp³-hybridized carbons (Fsp3) is 0.0952. The number of hydrogen-bond donors (Lipinski definition) is 3. The molecule has 7 heteroatoms. The summed E-state index contributed by atoms with van der Waals surface area (Å²) in [7, 11) is -3.98. The van der Waals surface area contributed by atoms with Gasteiger partial charge in [0.2, 0.25) is 0 Å². The number of hydrogen-bond acceptors (Lipinski definition) is 4. The van der Waals surface area contributed by atoms with Crippen molar-refractivity contribution in [3.63, 3.8) is 0 Å². The van der Waals surface area contributed by atoms with Crippen molar-refractivity contribution < 1.29 is 23.4 Å². The van der Waals surface area contributed by atoms with Crippen LogP contribution in [0.15, 0.2) is 77.7 Å². The molecule has 0 aliphatic carbocycles. The number of nitrogens with one attached hydrogen (secondary N) is 1. The van der Waals surface area contributed by atoms with Gasteiger partial charge in [-0.05, 0) is 54.3 Å². The van der Waals surface area contributed by atoms with Gasteiger partial charge in [0.1, 0.15) is 11.3 Å². The van der Waals surface area contributed by atoms with Crippen LogP contribution in [-0.4, -0.2) is 24.6 Å². The number of carboxylic acid groups (broad SMARTS) is 1. The molecule has 6 nitrogen and oxygen atoms in total. The fourth-order valence-electron chi connectivity index (χ4n) is 2.74. The molecule has 144 valence electrons. The van der Waals surface area contributed by atoms with Gasteiger partial charge in [-0.3, -0.25) is 4.72 Å². The molecule has 0 atom stereocenters. The minimum Gasteiger partial charge on any atom is -0.507 e. The SMILES string of the molecule is O=C(O)c1cc(S(=O)(=O)Nc2ccc(CCc3ccccc3)cc2)ccc1O. The normalized spacial score (nSPS) is 11.1. The summed E-state index contributed by atoms with van der Waals surface area (Å²) >= 11 is 0. The quantitative estimate of drug-likeness (QED) is 0.564. The molecule has 0 fully saturated rings. The number of rotatable bonds is 7. The zero-order valence-electron chi connectivity index (χ0n) is 14.9. The van der Waals surface area contributed by atoms with Crippen LogP contribution < -0.4 is 4.72 Å². The zero-order valence-corrected chi connectivity index (χ0v) is 15.7. The molecule has 0 spiro atoms. The van der Waals surface area contributed by atoms with Crippen LogP contribution in [0.2, 0.25) is 0 Å². The number of carboxylic acids is 1. The molecule has 0 heterocycles. The van der Waals surface area contributed by atoms with Crippen LogP contribution in [-0.2, 0) is 22.9 Å². The molecule has 28 heavy (non-hydrogen) atoms. The van der Waals surface area contributed by atoms with Crippen molar-refractivity contribution >= 4 is 21.7 Å². The Morgan fingerprint density at radius 3 is 2.07 bits per heavy atom. The number of sulfonamides is 1. The molecular weight excluding hydrogens is 378 g/mol. The molecule has 0 unspecified atom stereocenters. The molecule has 3 aromatic carbocycles. The summed E-state index contributed by atoms with van der Waals surface area (Å²) in [5.74, 6) is -1.90. The summed E-state index contributed by atoms with van der Waals surface area (Å²) in [6.45, 7) is 0. The highest BCUT2D eigenvalue weighted by molar-refractivity contribution is 7.92. The summed E-state index contributed by atoms with van der Waals surface area (Å²) in [6.07, 6.45) is 1.72. The zero-order chi connectivity index (χ0) is 20.1. The highest BCUT2D eigenvalue weighted by Crippen LogP contribution is 2.23. The minimum absolute atomic E-state index is 0.240. The Morgan fingerprint density at radius 2 is 1.46 bits per heavy atom. The Kier molecular flexibility index (Phi) is 5.65. The first-order valence-corrected chi connectivity index (χ1v) is 10.1. The summed E-state index contributed by atoms with van der Waals surface area (Å²) < 4.78 is 27.4. The average Bonchev–Trinajstić information content (AvgIpc) is 2.68. The van der Waals surface area contributed by atoms with Gasteiger partial charge in [-0.2, -0.15) is 0 Å². The van der Waals surface area contributed by atoms with Crippen LogP contribution in [0.3, 0.4) is 0 Å². The maximum atomic E-state index is 12.5. The van der Waals surface area contributed by atoms with Gasteiger partial charge in [0, 0.05) is 5.69 Å². The van der Waals surface area contributed by atoms with Crippen LogP contribution >= 0.6 is 0 Å². The van der Waals surface area contributed by atoms with Gasteiger partial charge in [-0.15, -0.1) is 0 Å². The van der Waals surface area contributed by atoms with Gasteiger partial charge >= 0.3 is 5.97 Å². The predicted molar refractivity (Wildman–Crippen MR) is 106 cm³/mol. The molecule has 0 saturated heterocycles. The first kappa shape index (κ1) is 19.4. The van der Waals surface area contributed by atoms with E-state index in [0.29, 0.717) is 5.69 Å². The van der Waals surface area contributed by atoms with Crippen LogP contribution in [0, 0.1) is 0 Å². The van der Waals surface area contributed by atoms with E-state index in [1.54, 1.807) is 12.1 Å². The number of aryl methyl sites for hydroxylation is 2. The first-order valence-electron chi connectivity index (χ1n) is 8.57. The third kappa shape index (κ3) is 4.69. The second-order valence-electron chi connectivity index (χ2n) is 6.27. The summed E-state index contributed by atoms with van der Waals surface area (Å²) in [5, 5.41) is 18.6. The van der Waals surface area contributed by atoms with Crippen molar-refractivity contribution in [2.45, 2.75) is 17.7 Å². The smallest absolute Gasteiger partial charge is 0.339 e. The van der Waals surface area contributed by atoms with Crippen molar-refractivity contribution in [2.75, 3.05) is 4.72 Å². The average molecular weight is 397 g/mol. The van der Waals surface area contributed by atoms with E-state index in [9.17, 15) is 18.3 Å². The standard InChI is InChI=1S/C21H19NO5S/c23-20-13-12-18(14-19(20)21(24)25)28(26,27)22-17-10-8-16(9-11-17)7-6-15-4-2-1-3-5-15/h1-5,8-14,22-23H,6-7H2,(H,24,25). The van der Waals surface area contributed by atoms with Gasteiger partial charge in [0.15, 0.2) is 0 Å². The minimum atomic E-state index is -3.98. The maximum absolute atomic E-state index is 12.5. The number of phenols is 1. The molecular formula is C21H19NO5S. The maximum Gasteiger partial charge on any atom is 0.339 e. The number of anilines is 1. The van der Waals surface area contributed by atoms with E-state index >= 15 is 0 Å². The summed E-state index contributed by atoms with van der Waals surface area (Å²) in [6, 6.07) is 20.2. The van der Waals surface area contributed by atoms with Crippen LogP contribution in [0.25, 0.3) is 0 Å². The lowest BCUT2D eigenvalue weighted by molar-refractivity contribution is 0.0693. The number of aromatic hydroxyl groups is 1. The highest BCUT2D eigenvalue weighted by Gasteiger charge is 2.19. The van der Waals surface area contributed by atoms with Crippen molar-refractivity contribution in [2.24, 2.45) is 0 Å². The van der Waals surface area contributed by atoms with Crippen LogP contribution in [0.1, 0.15) is 21.5 Å². The van der Waals surface area contributed by atoms with Crippen LogP contribution in [0.4, 0.5) is 5.69 Å². The Hall–Kier alpha value is -3.32. The molecule has 0 bridgehead atoms. The topological polar surface area (TPSA) is 104 Å². The largest absolute Gasteiger partial charge is 0.507 e.